The molecule has 12 nitrogen and oxygen atoms in total. The smallest absolute Gasteiger partial charge is 0.407 e. The van der Waals surface area contributed by atoms with E-state index >= 15 is 4.39 Å². The summed E-state index contributed by atoms with van der Waals surface area (Å²) >= 11 is 0. The van der Waals surface area contributed by atoms with Crippen LogP contribution in [0.4, 0.5) is 26.2 Å². The lowest BCUT2D eigenvalue weighted by Crippen LogP contribution is -2.60. The van der Waals surface area contributed by atoms with E-state index in [2.05, 4.69) is 42.9 Å². The molecular formula is C47H64FN7O5S. The maximum absolute atomic E-state index is 15.1. The lowest BCUT2D eigenvalue weighted by molar-refractivity contribution is -0.111. The van der Waals surface area contributed by atoms with Crippen LogP contribution in [0.1, 0.15) is 44.1 Å². The summed E-state index contributed by atoms with van der Waals surface area (Å²) in [6.07, 6.45) is 6.88. The van der Waals surface area contributed by atoms with Crippen molar-refractivity contribution in [1.82, 2.24) is 20.0 Å². The van der Waals surface area contributed by atoms with Gasteiger partial charge in [-0.05, 0) is 150 Å². The molecule has 7 rings (SSSR count). The van der Waals surface area contributed by atoms with Crippen molar-refractivity contribution < 1.29 is 27.1 Å². The first-order chi connectivity index (χ1) is 29.3. The van der Waals surface area contributed by atoms with Crippen LogP contribution in [0.5, 0.6) is 0 Å². The van der Waals surface area contributed by atoms with Crippen LogP contribution in [-0.2, 0) is 24.8 Å². The number of likely N-dealkylation sites (tertiary alicyclic amines) is 2. The van der Waals surface area contributed by atoms with Gasteiger partial charge in [-0.1, -0.05) is 25.1 Å². The van der Waals surface area contributed by atoms with E-state index < -0.39 is 21.8 Å². The quantitative estimate of drug-likeness (QED) is 0.155. The van der Waals surface area contributed by atoms with E-state index in [0.29, 0.717) is 24.1 Å². The third-order valence-electron chi connectivity index (χ3n) is 13.8. The number of benzene rings is 3. The highest BCUT2D eigenvalue weighted by atomic mass is 32.2. The van der Waals surface area contributed by atoms with Gasteiger partial charge in [-0.25, -0.2) is 17.6 Å². The van der Waals surface area contributed by atoms with E-state index in [1.807, 2.05) is 44.2 Å². The molecule has 330 valence electrons. The largest absolute Gasteiger partial charge is 0.453 e. The Morgan fingerprint density at radius 3 is 2.26 bits per heavy atom. The zero-order chi connectivity index (χ0) is 43.3. The number of sulfone groups is 1. The highest BCUT2D eigenvalue weighted by molar-refractivity contribution is 7.91. The fourth-order valence-corrected chi connectivity index (χ4v) is 11.7. The number of hydrogen-bond acceptors (Lipinski definition) is 10. The number of carbonyl (C=O) groups is 2. The zero-order valence-electron chi connectivity index (χ0n) is 36.3. The van der Waals surface area contributed by atoms with E-state index in [-0.39, 0.29) is 33.0 Å². The van der Waals surface area contributed by atoms with Crippen LogP contribution in [0.2, 0.25) is 0 Å². The lowest BCUT2D eigenvalue weighted by atomic mass is 9.57. The summed E-state index contributed by atoms with van der Waals surface area (Å²) < 4.78 is 47.8. The molecule has 0 unspecified atom stereocenters. The van der Waals surface area contributed by atoms with Crippen molar-refractivity contribution in [3.8, 4) is 0 Å². The molecule has 0 aromatic heterocycles. The molecule has 3 aliphatic heterocycles. The summed E-state index contributed by atoms with van der Waals surface area (Å²) in [6.45, 7) is 12.7. The van der Waals surface area contributed by atoms with Gasteiger partial charge >= 0.3 is 6.09 Å². The summed E-state index contributed by atoms with van der Waals surface area (Å²) in [5, 5.41) is 5.98. The molecule has 14 heteroatoms. The molecule has 3 aromatic rings. The number of halogens is 1. The van der Waals surface area contributed by atoms with Crippen molar-refractivity contribution in [3.63, 3.8) is 0 Å². The molecule has 61 heavy (non-hydrogen) atoms. The minimum Gasteiger partial charge on any atom is -0.453 e. The Bertz CT molecular complexity index is 2120. The summed E-state index contributed by atoms with van der Waals surface area (Å²) in [6, 6.07) is 19.2. The molecule has 1 saturated carbocycles. The topological polar surface area (TPSA) is 118 Å². The molecule has 3 aromatic carbocycles. The summed E-state index contributed by atoms with van der Waals surface area (Å²) in [5.74, 6) is 0.395. The molecule has 0 radical (unpaired) electrons. The highest BCUT2D eigenvalue weighted by Crippen LogP contribution is 2.51. The van der Waals surface area contributed by atoms with Gasteiger partial charge in [0, 0.05) is 69.4 Å². The minimum absolute atomic E-state index is 0.0218. The number of ether oxygens (including phenoxy) is 1. The SMILES string of the molecule is C=CC(=O)Nc1cc(S(=O)(=O)c2ccc(N3CC(CN4CCC([C@@](CN5CCC5)(c5cccc(F)c5)[C@H]5CCC[C@@H]5NC(=O)OC)CC4)C3)cc2)ccc1N(C)CCN(C)C. The molecule has 1 aliphatic carbocycles. The predicted octanol–water partition coefficient (Wildman–Crippen LogP) is 6.10. The number of amides is 2. The Morgan fingerprint density at radius 2 is 1.62 bits per heavy atom. The third kappa shape index (κ3) is 9.93. The van der Waals surface area contributed by atoms with Crippen LogP contribution in [0.15, 0.2) is 89.2 Å². The molecule has 0 spiro atoms. The maximum Gasteiger partial charge on any atom is 0.407 e. The highest BCUT2D eigenvalue weighted by Gasteiger charge is 2.53. The summed E-state index contributed by atoms with van der Waals surface area (Å²) in [5.41, 5.74) is 2.89. The van der Waals surface area contributed by atoms with Crippen LogP contribution < -0.4 is 20.4 Å². The maximum atomic E-state index is 15.1. The van der Waals surface area contributed by atoms with Crippen molar-refractivity contribution in [2.24, 2.45) is 17.8 Å². The second-order valence-electron chi connectivity index (χ2n) is 17.9. The van der Waals surface area contributed by atoms with Gasteiger partial charge in [0.05, 0.1) is 28.3 Å². The number of hydrogen-bond donors (Lipinski definition) is 2. The van der Waals surface area contributed by atoms with Crippen molar-refractivity contribution in [1.29, 1.82) is 0 Å². The van der Waals surface area contributed by atoms with Crippen LogP contribution in [0.25, 0.3) is 0 Å². The summed E-state index contributed by atoms with van der Waals surface area (Å²) in [4.78, 5) is 36.6. The van der Waals surface area contributed by atoms with Crippen LogP contribution in [0, 0.1) is 23.6 Å². The number of carbonyl (C=O) groups excluding carboxylic acids is 2. The molecule has 2 N–H and O–H groups in total. The second kappa shape index (κ2) is 19.3. The average molecular weight is 858 g/mol. The second-order valence-corrected chi connectivity index (χ2v) is 19.9. The molecule has 2 amide bonds. The molecular weight excluding hydrogens is 794 g/mol. The summed E-state index contributed by atoms with van der Waals surface area (Å²) in [7, 11) is 3.43. The number of nitrogens with one attached hydrogen (secondary N) is 2. The third-order valence-corrected chi connectivity index (χ3v) is 15.5. The van der Waals surface area contributed by atoms with Gasteiger partial charge in [0.15, 0.2) is 0 Å². The van der Waals surface area contributed by atoms with E-state index in [9.17, 15) is 18.0 Å². The molecule has 3 atom stereocenters. The molecule has 0 bridgehead atoms. The van der Waals surface area contributed by atoms with Crippen LogP contribution in [-0.4, -0.2) is 135 Å². The van der Waals surface area contributed by atoms with Crippen molar-refractivity contribution in [3.05, 3.63) is 90.8 Å². The fourth-order valence-electron chi connectivity index (χ4n) is 10.4. The van der Waals surface area contributed by atoms with Gasteiger partial charge in [-0.3, -0.25) is 4.79 Å². The number of piperidine rings is 1. The van der Waals surface area contributed by atoms with Gasteiger partial charge in [-0.2, -0.15) is 0 Å². The molecule has 3 heterocycles. The van der Waals surface area contributed by atoms with Gasteiger partial charge < -0.3 is 39.9 Å². The molecule has 4 fully saturated rings. The number of alkyl carbamates (subject to hydrolysis) is 1. The van der Waals surface area contributed by atoms with Crippen molar-refractivity contribution in [2.45, 2.75) is 59.8 Å². The Labute approximate surface area is 362 Å². The lowest BCUT2D eigenvalue weighted by Gasteiger charge is -2.54. The number of methoxy groups -OCH3 is 1. The number of anilines is 3. The van der Waals surface area contributed by atoms with E-state index in [1.165, 1.54) is 31.7 Å². The zero-order valence-corrected chi connectivity index (χ0v) is 37.1. The number of nitrogens with zero attached hydrogens (tertiary/aromatic N) is 5. The first kappa shape index (κ1) is 44.6. The Kier molecular flexibility index (Phi) is 14.1. The Balaban J connectivity index is 0.988. The van der Waals surface area contributed by atoms with Crippen LogP contribution in [0.3, 0.4) is 0 Å². The van der Waals surface area contributed by atoms with Gasteiger partial charge in [-0.15, -0.1) is 0 Å². The van der Waals surface area contributed by atoms with E-state index in [4.69, 9.17) is 4.74 Å². The van der Waals surface area contributed by atoms with E-state index in [0.717, 1.165) is 108 Å². The standard InChI is InChI=1S/C47H64FN7O5S/c1-6-45(56)49-43-29-40(18-19-44(43)52(4)27-26-51(2)3)61(58,59)39-16-14-38(15-17-39)55-31-34(32-55)30-53-24-20-35(21-25-53)47(33-54-22-9-23-54,36-10-7-11-37(48)28-36)41-12-8-13-42(41)50-46(57)60-5/h6-7,10-11,14-19,28-29,34-35,41-42H,1,8-9,12-13,20-27,30-33H2,2-5H3,(H,49,56)(H,50,57)/t41-,42-,47-/m0/s1. The first-order valence-electron chi connectivity index (χ1n) is 21.9. The minimum atomic E-state index is -3.86. The predicted molar refractivity (Wildman–Crippen MR) is 240 cm³/mol. The van der Waals surface area contributed by atoms with Crippen molar-refractivity contribution in [2.75, 3.05) is 109 Å². The van der Waals surface area contributed by atoms with Gasteiger partial charge in [0.25, 0.3) is 0 Å². The Hall–Kier alpha value is -4.50. The Morgan fingerprint density at radius 1 is 0.902 bits per heavy atom. The normalized spacial score (nSPS) is 21.3. The van der Waals surface area contributed by atoms with Gasteiger partial charge in [0.2, 0.25) is 15.7 Å². The first-order valence-corrected chi connectivity index (χ1v) is 23.4. The monoisotopic (exact) mass is 857 g/mol. The average Bonchev–Trinajstić information content (AvgIpc) is 3.69. The van der Waals surface area contributed by atoms with Crippen LogP contribution >= 0.6 is 0 Å². The van der Waals surface area contributed by atoms with Crippen molar-refractivity contribution >= 4 is 38.9 Å². The number of rotatable bonds is 17. The molecule has 3 saturated heterocycles. The number of likely N-dealkylation sites (N-methyl/N-ethyl adjacent to an activating group) is 2. The van der Waals surface area contributed by atoms with Gasteiger partial charge in [0.1, 0.15) is 5.82 Å². The van der Waals surface area contributed by atoms with E-state index in [1.54, 1.807) is 30.3 Å². The molecule has 4 aliphatic rings. The fraction of sp³-hybridized carbons (Fsp3) is 0.532.